The van der Waals surface area contributed by atoms with E-state index in [1.54, 1.807) is 11.3 Å². The molecule has 1 aromatic heterocycles. The topological polar surface area (TPSA) is 65.0 Å². The van der Waals surface area contributed by atoms with E-state index >= 15 is 0 Å². The summed E-state index contributed by atoms with van der Waals surface area (Å²) in [6.07, 6.45) is 0.747. The van der Waals surface area contributed by atoms with E-state index in [0.29, 0.717) is 26.1 Å². The molecule has 2 atom stereocenters. The Morgan fingerprint density at radius 1 is 1.40 bits per heavy atom. The first-order valence-corrected chi connectivity index (χ1v) is 9.64. The molecule has 3 rings (SSSR count). The molecule has 6 nitrogen and oxygen atoms in total. The van der Waals surface area contributed by atoms with Crippen molar-refractivity contribution in [2.24, 2.45) is 0 Å². The molecule has 25 heavy (non-hydrogen) atoms. The standard InChI is InChI=1S/C17H27N3O3S.ClH/c21-15(16-2-1-11-24-16)12-14-13-23-10-9-19(14)6-3-17(22)20-7-4-18-5-8-20;/h1-2,11,14-15,18,21H,3-10,12-13H2;1H. The van der Waals surface area contributed by atoms with E-state index < -0.39 is 6.10 Å². The molecule has 0 bridgehead atoms. The number of carbonyl (C=O) groups is 1. The second kappa shape index (κ2) is 10.4. The number of carbonyl (C=O) groups excluding carboxylic acids is 1. The molecule has 0 aromatic carbocycles. The molecule has 2 saturated heterocycles. The van der Waals surface area contributed by atoms with Gasteiger partial charge in [-0.05, 0) is 17.9 Å². The van der Waals surface area contributed by atoms with Crippen molar-refractivity contribution >= 4 is 29.7 Å². The highest BCUT2D eigenvalue weighted by atomic mass is 35.5. The van der Waals surface area contributed by atoms with E-state index in [1.165, 1.54) is 0 Å². The van der Waals surface area contributed by atoms with E-state index in [2.05, 4.69) is 10.2 Å². The van der Waals surface area contributed by atoms with Crippen molar-refractivity contribution in [3.05, 3.63) is 22.4 Å². The first kappa shape index (κ1) is 20.6. The van der Waals surface area contributed by atoms with Gasteiger partial charge in [0.05, 0.1) is 19.3 Å². The summed E-state index contributed by atoms with van der Waals surface area (Å²) in [5, 5.41) is 15.7. The van der Waals surface area contributed by atoms with E-state index in [-0.39, 0.29) is 24.4 Å². The summed E-state index contributed by atoms with van der Waals surface area (Å²) in [7, 11) is 0. The SMILES string of the molecule is Cl.O=C(CCN1CCOCC1CC(O)c1cccs1)N1CCNCC1. The van der Waals surface area contributed by atoms with Crippen LogP contribution >= 0.6 is 23.7 Å². The molecular formula is C17H28ClN3O3S. The number of aliphatic hydroxyl groups excluding tert-OH is 1. The Morgan fingerprint density at radius 2 is 2.20 bits per heavy atom. The maximum atomic E-state index is 12.3. The number of halogens is 1. The predicted octanol–water partition coefficient (Wildman–Crippen LogP) is 1.12. The van der Waals surface area contributed by atoms with Gasteiger partial charge in [-0.25, -0.2) is 0 Å². The van der Waals surface area contributed by atoms with E-state index in [4.69, 9.17) is 4.74 Å². The number of thiophene rings is 1. The van der Waals surface area contributed by atoms with Crippen LogP contribution < -0.4 is 5.32 Å². The van der Waals surface area contributed by atoms with Gasteiger partial charge < -0.3 is 20.1 Å². The lowest BCUT2D eigenvalue weighted by molar-refractivity contribution is -0.132. The first-order chi connectivity index (χ1) is 11.7. The molecule has 2 N–H and O–H groups in total. The summed E-state index contributed by atoms with van der Waals surface area (Å²) >= 11 is 1.58. The number of hydrogen-bond acceptors (Lipinski definition) is 6. The van der Waals surface area contributed by atoms with E-state index in [0.717, 1.165) is 44.1 Å². The number of nitrogens with zero attached hydrogens (tertiary/aromatic N) is 2. The lowest BCUT2D eigenvalue weighted by Gasteiger charge is -2.37. The van der Waals surface area contributed by atoms with E-state index in [1.807, 2.05) is 22.4 Å². The summed E-state index contributed by atoms with van der Waals surface area (Å²) in [6.45, 7) is 6.30. The lowest BCUT2D eigenvalue weighted by atomic mass is 10.1. The maximum absolute atomic E-state index is 12.3. The predicted molar refractivity (Wildman–Crippen MR) is 101 cm³/mol. The largest absolute Gasteiger partial charge is 0.388 e. The Bertz CT molecular complexity index is 511. The highest BCUT2D eigenvalue weighted by Crippen LogP contribution is 2.26. The van der Waals surface area contributed by atoms with Crippen LogP contribution in [0.15, 0.2) is 17.5 Å². The number of ether oxygens (including phenoxy) is 1. The fraction of sp³-hybridized carbons (Fsp3) is 0.706. The number of piperazine rings is 1. The van der Waals surface area contributed by atoms with Gasteiger partial charge in [0.15, 0.2) is 0 Å². The summed E-state index contributed by atoms with van der Waals surface area (Å²) < 4.78 is 5.60. The molecule has 2 aliphatic heterocycles. The van der Waals surface area contributed by atoms with Gasteiger partial charge in [-0.15, -0.1) is 23.7 Å². The van der Waals surface area contributed by atoms with Gasteiger partial charge in [-0.3, -0.25) is 9.69 Å². The highest BCUT2D eigenvalue weighted by Gasteiger charge is 2.27. The third-order valence-corrected chi connectivity index (χ3v) is 5.77. The van der Waals surface area contributed by atoms with Crippen LogP contribution in [0.25, 0.3) is 0 Å². The van der Waals surface area contributed by atoms with Gasteiger partial charge in [-0.2, -0.15) is 0 Å². The molecule has 0 aliphatic carbocycles. The molecule has 2 fully saturated rings. The maximum Gasteiger partial charge on any atom is 0.223 e. The van der Waals surface area contributed by atoms with Crippen molar-refractivity contribution in [1.29, 1.82) is 0 Å². The van der Waals surface area contributed by atoms with Crippen LogP contribution in [-0.2, 0) is 9.53 Å². The van der Waals surface area contributed by atoms with Crippen molar-refractivity contribution in [2.75, 3.05) is 52.5 Å². The van der Waals surface area contributed by atoms with Gasteiger partial charge in [0.1, 0.15) is 0 Å². The zero-order valence-corrected chi connectivity index (χ0v) is 16.1. The summed E-state index contributed by atoms with van der Waals surface area (Å²) in [4.78, 5) is 17.6. The molecule has 1 aromatic rings. The highest BCUT2D eigenvalue weighted by molar-refractivity contribution is 7.10. The number of rotatable bonds is 6. The molecule has 1 amide bonds. The Labute approximate surface area is 159 Å². The second-order valence-electron chi connectivity index (χ2n) is 6.41. The summed E-state index contributed by atoms with van der Waals surface area (Å²) in [5.74, 6) is 0.237. The molecule has 0 radical (unpaired) electrons. The van der Waals surface area contributed by atoms with Crippen molar-refractivity contribution in [2.45, 2.75) is 25.0 Å². The van der Waals surface area contributed by atoms with Crippen LogP contribution in [0.1, 0.15) is 23.8 Å². The average Bonchev–Trinajstić information content (AvgIpc) is 3.16. The fourth-order valence-corrected chi connectivity index (χ4v) is 4.09. The van der Waals surface area contributed by atoms with Crippen molar-refractivity contribution in [3.63, 3.8) is 0 Å². The summed E-state index contributed by atoms with van der Waals surface area (Å²) in [5.41, 5.74) is 0. The van der Waals surface area contributed by atoms with Gasteiger partial charge in [-0.1, -0.05) is 6.07 Å². The molecule has 0 saturated carbocycles. The Kier molecular flexibility index (Phi) is 8.61. The zero-order valence-electron chi connectivity index (χ0n) is 14.4. The van der Waals surface area contributed by atoms with Gasteiger partial charge in [0, 0.05) is 56.6 Å². The van der Waals surface area contributed by atoms with Crippen LogP contribution in [0.2, 0.25) is 0 Å². The number of nitrogens with one attached hydrogen (secondary N) is 1. The lowest BCUT2D eigenvalue weighted by Crippen LogP contribution is -2.49. The minimum absolute atomic E-state index is 0. The molecule has 3 heterocycles. The van der Waals surface area contributed by atoms with Crippen LogP contribution in [-0.4, -0.2) is 79.3 Å². The van der Waals surface area contributed by atoms with Crippen molar-refractivity contribution < 1.29 is 14.6 Å². The normalized spacial score (nSPS) is 23.1. The number of aliphatic hydroxyl groups is 1. The van der Waals surface area contributed by atoms with Crippen LogP contribution in [0.5, 0.6) is 0 Å². The third kappa shape index (κ3) is 5.91. The Morgan fingerprint density at radius 3 is 2.92 bits per heavy atom. The Hall–Kier alpha value is -0.700. The molecule has 142 valence electrons. The first-order valence-electron chi connectivity index (χ1n) is 8.76. The fourth-order valence-electron chi connectivity index (χ4n) is 3.37. The van der Waals surface area contributed by atoms with Crippen LogP contribution in [0.3, 0.4) is 0 Å². The monoisotopic (exact) mass is 389 g/mol. The molecule has 0 spiro atoms. The second-order valence-corrected chi connectivity index (χ2v) is 7.39. The average molecular weight is 390 g/mol. The molecule has 2 unspecified atom stereocenters. The number of amides is 1. The van der Waals surface area contributed by atoms with Crippen molar-refractivity contribution in [3.8, 4) is 0 Å². The molecule has 8 heteroatoms. The molecule has 2 aliphatic rings. The van der Waals surface area contributed by atoms with Gasteiger partial charge in [0.25, 0.3) is 0 Å². The summed E-state index contributed by atoms with van der Waals surface area (Å²) in [6, 6.07) is 4.11. The van der Waals surface area contributed by atoms with Crippen molar-refractivity contribution in [1.82, 2.24) is 15.1 Å². The Balaban J connectivity index is 0.00000225. The minimum Gasteiger partial charge on any atom is -0.388 e. The quantitative estimate of drug-likeness (QED) is 0.763. The van der Waals surface area contributed by atoms with Gasteiger partial charge >= 0.3 is 0 Å². The minimum atomic E-state index is -0.455. The number of hydrogen-bond donors (Lipinski definition) is 2. The zero-order chi connectivity index (χ0) is 16.8. The smallest absolute Gasteiger partial charge is 0.223 e. The molecular weight excluding hydrogens is 362 g/mol. The van der Waals surface area contributed by atoms with E-state index in [9.17, 15) is 9.90 Å². The van der Waals surface area contributed by atoms with Crippen LogP contribution in [0, 0.1) is 0 Å². The van der Waals surface area contributed by atoms with Gasteiger partial charge in [0.2, 0.25) is 5.91 Å². The van der Waals surface area contributed by atoms with Crippen LogP contribution in [0.4, 0.5) is 0 Å². The number of morpholine rings is 1. The third-order valence-electron chi connectivity index (χ3n) is 4.80.